The quantitative estimate of drug-likeness (QED) is 0.339. The van der Waals surface area contributed by atoms with E-state index in [1.165, 1.54) is 43.1 Å². The lowest BCUT2D eigenvalue weighted by Gasteiger charge is -2.22. The van der Waals surface area contributed by atoms with Crippen molar-refractivity contribution in [2.24, 2.45) is 9.98 Å². The van der Waals surface area contributed by atoms with Crippen LogP contribution in [0.1, 0.15) is 37.7 Å². The van der Waals surface area contributed by atoms with Crippen molar-refractivity contribution < 1.29 is 0 Å². The molecule has 5 heteroatoms. The molecular formula is C26H33N5. The van der Waals surface area contributed by atoms with Crippen LogP contribution in [0.2, 0.25) is 0 Å². The summed E-state index contributed by atoms with van der Waals surface area (Å²) < 4.78 is 0. The van der Waals surface area contributed by atoms with E-state index in [-0.39, 0.29) is 0 Å². The Hall–Kier alpha value is -3.18. The second-order valence-electron chi connectivity index (χ2n) is 7.71. The van der Waals surface area contributed by atoms with Crippen LogP contribution in [0.25, 0.3) is 10.9 Å². The van der Waals surface area contributed by atoms with Gasteiger partial charge in [-0.05, 0) is 79.1 Å². The van der Waals surface area contributed by atoms with Crippen molar-refractivity contribution in [1.82, 2.24) is 15.6 Å². The van der Waals surface area contributed by atoms with Gasteiger partial charge in [-0.15, -0.1) is 0 Å². The van der Waals surface area contributed by atoms with Crippen LogP contribution >= 0.6 is 0 Å². The molecule has 2 aromatic rings. The Morgan fingerprint density at radius 2 is 2.03 bits per heavy atom. The second-order valence-corrected chi connectivity index (χ2v) is 7.71. The minimum absolute atomic E-state index is 0.568. The minimum Gasteiger partial charge on any atom is -0.368 e. The molecule has 1 aromatic heterocycles. The Morgan fingerprint density at radius 3 is 2.84 bits per heavy atom. The molecule has 1 aliphatic carbocycles. The zero-order valence-corrected chi connectivity index (χ0v) is 18.2. The third kappa shape index (κ3) is 7.23. The molecule has 0 amide bonds. The number of nitrogens with one attached hydrogen (secondary N) is 3. The number of H-pyrrole nitrogens is 1. The summed E-state index contributed by atoms with van der Waals surface area (Å²) >= 11 is 0. The molecule has 3 rings (SSSR count). The fraction of sp³-hybridized carbons (Fsp3) is 0.308. The second kappa shape index (κ2) is 12.5. The lowest BCUT2D eigenvalue weighted by atomic mass is 9.96. The predicted octanol–water partition coefficient (Wildman–Crippen LogP) is 5.42. The van der Waals surface area contributed by atoms with Gasteiger partial charge in [0.1, 0.15) is 0 Å². The molecule has 0 spiro atoms. The van der Waals surface area contributed by atoms with Crippen molar-refractivity contribution in [3.63, 3.8) is 0 Å². The van der Waals surface area contributed by atoms with Gasteiger partial charge in [0, 0.05) is 30.2 Å². The molecule has 1 aromatic carbocycles. The van der Waals surface area contributed by atoms with Gasteiger partial charge < -0.3 is 10.3 Å². The van der Waals surface area contributed by atoms with Crippen LogP contribution < -0.4 is 10.6 Å². The number of aromatic nitrogens is 1. The van der Waals surface area contributed by atoms with E-state index in [4.69, 9.17) is 4.99 Å². The summed E-state index contributed by atoms with van der Waals surface area (Å²) in [5.74, 6) is 0. The van der Waals surface area contributed by atoms with E-state index in [1.807, 2.05) is 24.5 Å². The molecular weight excluding hydrogens is 382 g/mol. The van der Waals surface area contributed by atoms with Gasteiger partial charge in [0.25, 0.3) is 0 Å². The van der Waals surface area contributed by atoms with Crippen molar-refractivity contribution in [3.05, 3.63) is 85.0 Å². The molecule has 162 valence electrons. The number of rotatable bonds is 11. The van der Waals surface area contributed by atoms with E-state index in [9.17, 15) is 0 Å². The number of allylic oxidation sites excluding steroid dienone is 4. The van der Waals surface area contributed by atoms with E-state index in [0.29, 0.717) is 12.7 Å². The van der Waals surface area contributed by atoms with Crippen molar-refractivity contribution in [1.29, 1.82) is 0 Å². The number of nitrogens with zero attached hydrogens (tertiary/aromatic N) is 2. The van der Waals surface area contributed by atoms with E-state index in [0.717, 1.165) is 23.2 Å². The van der Waals surface area contributed by atoms with Crippen LogP contribution in [0.15, 0.2) is 89.4 Å². The summed E-state index contributed by atoms with van der Waals surface area (Å²) in [5.41, 5.74) is 4.30. The summed E-state index contributed by atoms with van der Waals surface area (Å²) in [6.45, 7) is 7.87. The van der Waals surface area contributed by atoms with Crippen LogP contribution in [-0.4, -0.2) is 30.1 Å². The third-order valence-electron chi connectivity index (χ3n) is 5.52. The van der Waals surface area contributed by atoms with Crippen LogP contribution in [0.4, 0.5) is 0 Å². The fourth-order valence-corrected chi connectivity index (χ4v) is 3.85. The molecule has 1 heterocycles. The maximum Gasteiger partial charge on any atom is 0.0894 e. The van der Waals surface area contributed by atoms with E-state index >= 15 is 0 Å². The SMILES string of the molecule is C=CN/C=C\C(=C/Cc1ccc2[nH]ccc2c1)C(/C=C\N=C)=NCNC1CCCCC1. The van der Waals surface area contributed by atoms with Gasteiger partial charge >= 0.3 is 0 Å². The first-order valence-corrected chi connectivity index (χ1v) is 11.0. The number of hydrogen-bond donors (Lipinski definition) is 3. The standard InChI is InChI=1S/C26H33N5/c1-3-28-17-13-22(11-9-21-10-12-25-23(19-21)14-18-29-25)26(15-16-27-2)31-20-30-24-7-5-4-6-8-24/h3,10-19,24,28-30H,1-2,4-9,20H2/b16-15-,17-13-,22-11+,31-26?. The lowest BCUT2D eigenvalue weighted by molar-refractivity contribution is 0.378. The summed E-state index contributed by atoms with van der Waals surface area (Å²) in [7, 11) is 0. The highest BCUT2D eigenvalue weighted by molar-refractivity contribution is 6.10. The Kier molecular flexibility index (Phi) is 9.07. The number of aromatic amines is 1. The predicted molar refractivity (Wildman–Crippen MR) is 134 cm³/mol. The van der Waals surface area contributed by atoms with Gasteiger partial charge in [-0.1, -0.05) is 38.0 Å². The number of hydrogen-bond acceptors (Lipinski definition) is 4. The third-order valence-corrected chi connectivity index (χ3v) is 5.52. The van der Waals surface area contributed by atoms with Crippen molar-refractivity contribution >= 4 is 23.3 Å². The zero-order valence-electron chi connectivity index (χ0n) is 18.2. The molecule has 1 saturated carbocycles. The summed E-state index contributed by atoms with van der Waals surface area (Å²) in [6.07, 6.45) is 20.5. The molecule has 0 unspecified atom stereocenters. The lowest BCUT2D eigenvalue weighted by Crippen LogP contribution is -2.31. The highest BCUT2D eigenvalue weighted by Crippen LogP contribution is 2.18. The van der Waals surface area contributed by atoms with Crippen LogP contribution in [0, 0.1) is 0 Å². The summed E-state index contributed by atoms with van der Waals surface area (Å²) in [5, 5.41) is 7.83. The Labute approximate surface area is 185 Å². The topological polar surface area (TPSA) is 64.6 Å². The van der Waals surface area contributed by atoms with Gasteiger partial charge in [0.05, 0.1) is 12.4 Å². The smallest absolute Gasteiger partial charge is 0.0894 e. The molecule has 1 aliphatic rings. The van der Waals surface area contributed by atoms with Gasteiger partial charge in [-0.25, -0.2) is 0 Å². The van der Waals surface area contributed by atoms with E-state index < -0.39 is 0 Å². The first-order valence-electron chi connectivity index (χ1n) is 11.0. The average Bonchev–Trinajstić information content (AvgIpc) is 3.27. The first-order chi connectivity index (χ1) is 15.3. The summed E-state index contributed by atoms with van der Waals surface area (Å²) in [6, 6.07) is 9.16. The maximum atomic E-state index is 4.84. The molecule has 0 saturated heterocycles. The van der Waals surface area contributed by atoms with Gasteiger partial charge in [0.2, 0.25) is 0 Å². The van der Waals surface area contributed by atoms with Crippen LogP contribution in [0.5, 0.6) is 0 Å². The molecule has 3 N–H and O–H groups in total. The van der Waals surface area contributed by atoms with E-state index in [2.05, 4.69) is 64.2 Å². The van der Waals surface area contributed by atoms with Gasteiger partial charge in [-0.2, -0.15) is 0 Å². The highest BCUT2D eigenvalue weighted by Gasteiger charge is 2.12. The normalized spacial score (nSPS) is 16.4. The maximum absolute atomic E-state index is 4.84. The van der Waals surface area contributed by atoms with Crippen molar-refractivity contribution in [2.75, 3.05) is 6.67 Å². The fourth-order valence-electron chi connectivity index (χ4n) is 3.85. The highest BCUT2D eigenvalue weighted by atomic mass is 15.0. The molecule has 0 radical (unpaired) electrons. The van der Waals surface area contributed by atoms with Gasteiger partial charge in [0.15, 0.2) is 0 Å². The molecule has 0 atom stereocenters. The average molecular weight is 416 g/mol. The van der Waals surface area contributed by atoms with E-state index in [1.54, 1.807) is 12.4 Å². The molecule has 0 bridgehead atoms. The monoisotopic (exact) mass is 415 g/mol. The summed E-state index contributed by atoms with van der Waals surface area (Å²) in [4.78, 5) is 12.0. The Balaban J connectivity index is 1.78. The first kappa shape index (κ1) is 22.5. The van der Waals surface area contributed by atoms with Crippen LogP contribution in [-0.2, 0) is 6.42 Å². The molecule has 0 aliphatic heterocycles. The Morgan fingerprint density at radius 1 is 1.16 bits per heavy atom. The number of aliphatic imine (C=N–C) groups is 2. The molecule has 5 nitrogen and oxygen atoms in total. The van der Waals surface area contributed by atoms with Crippen molar-refractivity contribution in [3.8, 4) is 0 Å². The molecule has 31 heavy (non-hydrogen) atoms. The number of benzene rings is 1. The Bertz CT molecular complexity index is 971. The van der Waals surface area contributed by atoms with Gasteiger partial charge in [-0.3, -0.25) is 15.3 Å². The zero-order chi connectivity index (χ0) is 21.7. The van der Waals surface area contributed by atoms with Crippen LogP contribution in [0.3, 0.4) is 0 Å². The number of fused-ring (bicyclic) bond motifs is 1. The largest absolute Gasteiger partial charge is 0.368 e. The minimum atomic E-state index is 0.568. The molecule has 1 fully saturated rings. The van der Waals surface area contributed by atoms with Crippen molar-refractivity contribution in [2.45, 2.75) is 44.6 Å².